The third kappa shape index (κ3) is 2.41. The van der Waals surface area contributed by atoms with Crippen LogP contribution in [0.2, 0.25) is 0 Å². The van der Waals surface area contributed by atoms with Gasteiger partial charge in [-0.1, -0.05) is 0 Å². The summed E-state index contributed by atoms with van der Waals surface area (Å²) in [6.07, 6.45) is -2.52. The zero-order valence-corrected chi connectivity index (χ0v) is 5.03. The van der Waals surface area contributed by atoms with E-state index in [1.54, 1.807) is 5.43 Å². The minimum absolute atomic E-state index is 0.787. The number of carbonyl (C=O) groups excluding carboxylic acids is 1. The van der Waals surface area contributed by atoms with E-state index in [-0.39, 0.29) is 0 Å². The van der Waals surface area contributed by atoms with Crippen molar-refractivity contribution < 1.29 is 15.0 Å². The van der Waals surface area contributed by atoms with E-state index in [4.69, 9.17) is 10.2 Å². The molecular weight excluding hydrogens is 124 g/mol. The highest BCUT2D eigenvalue weighted by molar-refractivity contribution is 5.80. The smallest absolute Gasteiger partial charge is 0.265 e. The Kier molecular flexibility index (Phi) is 3.15. The fourth-order valence-electron chi connectivity index (χ4n) is 0.304. The monoisotopic (exact) mass is 134 g/mol. The number of carbonyl (C=O) groups is 1. The fraction of sp³-hybridized carbons (Fsp3) is 0.750. The van der Waals surface area contributed by atoms with Crippen molar-refractivity contribution in [1.82, 2.24) is 5.43 Å². The Morgan fingerprint density at radius 2 is 2.11 bits per heavy atom. The molecule has 0 saturated heterocycles. The summed E-state index contributed by atoms with van der Waals surface area (Å²) < 4.78 is 0. The summed E-state index contributed by atoms with van der Waals surface area (Å²) in [4.78, 5) is 10.3. The number of hydrogen-bond donors (Lipinski definition) is 4. The van der Waals surface area contributed by atoms with Crippen LogP contribution in [-0.2, 0) is 4.79 Å². The van der Waals surface area contributed by atoms with Gasteiger partial charge in [-0.25, -0.2) is 5.84 Å². The van der Waals surface area contributed by atoms with E-state index in [0.717, 1.165) is 0 Å². The lowest BCUT2D eigenvalue weighted by Gasteiger charge is -2.09. The van der Waals surface area contributed by atoms with Gasteiger partial charge in [-0.15, -0.1) is 0 Å². The molecule has 1 amide bonds. The van der Waals surface area contributed by atoms with Crippen molar-refractivity contribution in [3.8, 4) is 0 Å². The average molecular weight is 134 g/mol. The third-order valence-electron chi connectivity index (χ3n) is 0.868. The summed E-state index contributed by atoms with van der Waals surface area (Å²) in [5, 5.41) is 17.2. The Morgan fingerprint density at radius 3 is 2.22 bits per heavy atom. The van der Waals surface area contributed by atoms with E-state index in [2.05, 4.69) is 5.84 Å². The van der Waals surface area contributed by atoms with Crippen LogP contribution in [0.5, 0.6) is 0 Å². The number of nitrogens with two attached hydrogens (primary N) is 1. The van der Waals surface area contributed by atoms with Crippen LogP contribution < -0.4 is 11.3 Å². The molecule has 0 bridgehead atoms. The van der Waals surface area contributed by atoms with Gasteiger partial charge in [0, 0.05) is 0 Å². The molecule has 0 radical (unpaired) electrons. The maximum atomic E-state index is 10.3. The maximum absolute atomic E-state index is 10.3. The van der Waals surface area contributed by atoms with Gasteiger partial charge in [0.1, 0.15) is 0 Å². The molecule has 2 unspecified atom stereocenters. The topological polar surface area (TPSA) is 95.6 Å². The van der Waals surface area contributed by atoms with Crippen LogP contribution in [-0.4, -0.2) is 28.3 Å². The van der Waals surface area contributed by atoms with Gasteiger partial charge in [-0.3, -0.25) is 10.2 Å². The van der Waals surface area contributed by atoms with Crippen molar-refractivity contribution in [1.29, 1.82) is 0 Å². The Balaban J connectivity index is 3.72. The molecule has 0 aliphatic rings. The van der Waals surface area contributed by atoms with Crippen LogP contribution in [0.4, 0.5) is 0 Å². The van der Waals surface area contributed by atoms with Crippen molar-refractivity contribution in [3.63, 3.8) is 0 Å². The van der Waals surface area contributed by atoms with E-state index in [1.807, 2.05) is 0 Å². The third-order valence-corrected chi connectivity index (χ3v) is 0.868. The summed E-state index contributed by atoms with van der Waals surface area (Å²) in [6.45, 7) is 1.29. The molecule has 5 nitrogen and oxygen atoms in total. The largest absolute Gasteiger partial charge is 0.390 e. The molecule has 0 aromatic rings. The maximum Gasteiger partial charge on any atom is 0.265 e. The van der Waals surface area contributed by atoms with Crippen LogP contribution in [0.15, 0.2) is 0 Å². The Morgan fingerprint density at radius 1 is 1.67 bits per heavy atom. The Hall–Kier alpha value is -0.650. The van der Waals surface area contributed by atoms with E-state index in [1.165, 1.54) is 6.92 Å². The second-order valence-electron chi connectivity index (χ2n) is 1.69. The van der Waals surface area contributed by atoms with Crippen LogP contribution in [0.1, 0.15) is 6.92 Å². The van der Waals surface area contributed by atoms with E-state index in [0.29, 0.717) is 0 Å². The summed E-state index contributed by atoms with van der Waals surface area (Å²) in [6, 6.07) is 0. The van der Waals surface area contributed by atoms with Crippen LogP contribution in [0.3, 0.4) is 0 Å². The number of rotatable bonds is 2. The van der Waals surface area contributed by atoms with Crippen molar-refractivity contribution in [2.24, 2.45) is 5.84 Å². The van der Waals surface area contributed by atoms with E-state index < -0.39 is 18.1 Å². The first-order valence-corrected chi connectivity index (χ1v) is 2.46. The standard InChI is InChI=1S/C4H10N2O3/c1-2(7)3(8)4(9)6-5/h2-3,7-8H,5H2,1H3,(H,6,9). The predicted octanol–water partition coefficient (Wildman–Crippen LogP) is -2.28. The highest BCUT2D eigenvalue weighted by Crippen LogP contribution is 1.89. The quantitative estimate of drug-likeness (QED) is 0.194. The molecule has 0 rings (SSSR count). The predicted molar refractivity (Wildman–Crippen MR) is 30.0 cm³/mol. The van der Waals surface area contributed by atoms with Gasteiger partial charge in [0.15, 0.2) is 6.10 Å². The SMILES string of the molecule is CC(O)C(O)C(=O)NN. The molecular formula is C4H10N2O3. The molecule has 0 aromatic carbocycles. The van der Waals surface area contributed by atoms with Gasteiger partial charge in [0.25, 0.3) is 5.91 Å². The van der Waals surface area contributed by atoms with Gasteiger partial charge in [0.05, 0.1) is 6.10 Å². The molecule has 5 N–H and O–H groups in total. The molecule has 0 saturated carbocycles. The van der Waals surface area contributed by atoms with Crippen molar-refractivity contribution >= 4 is 5.91 Å². The second kappa shape index (κ2) is 3.39. The Bertz CT molecular complexity index is 104. The molecule has 0 heterocycles. The number of hydrazine groups is 1. The van der Waals surface area contributed by atoms with Crippen molar-refractivity contribution in [2.45, 2.75) is 19.1 Å². The summed E-state index contributed by atoms with van der Waals surface area (Å²) >= 11 is 0. The van der Waals surface area contributed by atoms with E-state index in [9.17, 15) is 4.79 Å². The summed E-state index contributed by atoms with van der Waals surface area (Å²) in [5.74, 6) is 3.85. The summed E-state index contributed by atoms with van der Waals surface area (Å²) in [7, 11) is 0. The number of nitrogens with one attached hydrogen (secondary N) is 1. The molecule has 0 aliphatic heterocycles. The molecule has 2 atom stereocenters. The first-order chi connectivity index (χ1) is 4.09. The van der Waals surface area contributed by atoms with Crippen LogP contribution in [0.25, 0.3) is 0 Å². The lowest BCUT2D eigenvalue weighted by atomic mass is 10.2. The minimum atomic E-state index is -1.44. The first-order valence-electron chi connectivity index (χ1n) is 2.46. The van der Waals surface area contributed by atoms with Gasteiger partial charge in [-0.05, 0) is 6.92 Å². The molecule has 0 fully saturated rings. The van der Waals surface area contributed by atoms with E-state index >= 15 is 0 Å². The number of amides is 1. The highest BCUT2D eigenvalue weighted by atomic mass is 16.3. The van der Waals surface area contributed by atoms with Crippen molar-refractivity contribution in [2.75, 3.05) is 0 Å². The molecule has 54 valence electrons. The normalized spacial score (nSPS) is 16.4. The number of aliphatic hydroxyl groups is 2. The lowest BCUT2D eigenvalue weighted by molar-refractivity contribution is -0.134. The van der Waals surface area contributed by atoms with Gasteiger partial charge < -0.3 is 10.2 Å². The molecule has 9 heavy (non-hydrogen) atoms. The van der Waals surface area contributed by atoms with Gasteiger partial charge in [-0.2, -0.15) is 0 Å². The summed E-state index contributed by atoms with van der Waals surface area (Å²) in [5.41, 5.74) is 1.70. The van der Waals surface area contributed by atoms with Crippen LogP contribution in [0, 0.1) is 0 Å². The zero-order chi connectivity index (χ0) is 7.44. The molecule has 0 aromatic heterocycles. The Labute approximate surface area is 52.4 Å². The lowest BCUT2D eigenvalue weighted by Crippen LogP contribution is -2.44. The molecule has 0 spiro atoms. The van der Waals surface area contributed by atoms with Gasteiger partial charge >= 0.3 is 0 Å². The average Bonchev–Trinajstić information content (AvgIpc) is 1.84. The van der Waals surface area contributed by atoms with Crippen LogP contribution >= 0.6 is 0 Å². The molecule has 0 aliphatic carbocycles. The van der Waals surface area contributed by atoms with Gasteiger partial charge in [0.2, 0.25) is 0 Å². The zero-order valence-electron chi connectivity index (χ0n) is 5.03. The first kappa shape index (κ1) is 8.35. The number of aliphatic hydroxyl groups excluding tert-OH is 2. The number of hydrogen-bond acceptors (Lipinski definition) is 4. The molecule has 5 heteroatoms. The minimum Gasteiger partial charge on any atom is -0.390 e. The highest BCUT2D eigenvalue weighted by Gasteiger charge is 2.18. The fourth-order valence-corrected chi connectivity index (χ4v) is 0.304. The van der Waals surface area contributed by atoms with Crippen molar-refractivity contribution in [3.05, 3.63) is 0 Å². The second-order valence-corrected chi connectivity index (χ2v) is 1.69.